The van der Waals surface area contributed by atoms with E-state index in [9.17, 15) is 0 Å². The van der Waals surface area contributed by atoms with Crippen molar-refractivity contribution in [3.63, 3.8) is 0 Å². The molecule has 2 rings (SSSR count). The van der Waals surface area contributed by atoms with Crippen molar-refractivity contribution in [2.24, 2.45) is 0 Å². The number of benzene rings is 1. The zero-order valence-electron chi connectivity index (χ0n) is 20.9. The Morgan fingerprint density at radius 1 is 0.867 bits per heavy atom. The maximum atomic E-state index is 6.88. The molecule has 0 unspecified atom stereocenters. The highest BCUT2D eigenvalue weighted by Crippen LogP contribution is 2.42. The van der Waals surface area contributed by atoms with Crippen molar-refractivity contribution in [1.29, 1.82) is 0 Å². The highest BCUT2D eigenvalue weighted by Gasteiger charge is 2.49. The number of ether oxygens (including phenoxy) is 2. The van der Waals surface area contributed by atoms with Gasteiger partial charge in [0.1, 0.15) is 12.2 Å². The van der Waals surface area contributed by atoms with Crippen LogP contribution in [0.1, 0.15) is 47.1 Å². The predicted molar refractivity (Wildman–Crippen MR) is 130 cm³/mol. The van der Waals surface area contributed by atoms with Crippen LogP contribution in [0.25, 0.3) is 0 Å². The minimum Gasteiger partial charge on any atom is -0.409 e. The molecule has 172 valence electrons. The minimum absolute atomic E-state index is 0.0367. The summed E-state index contributed by atoms with van der Waals surface area (Å²) in [5, 5.41) is 0.281. The molecule has 0 saturated carbocycles. The third-order valence-electron chi connectivity index (χ3n) is 7.09. The molecule has 0 amide bonds. The fourth-order valence-electron chi connectivity index (χ4n) is 2.98. The van der Waals surface area contributed by atoms with Gasteiger partial charge in [-0.15, -0.1) is 0 Å². The molecule has 1 aromatic rings. The summed E-state index contributed by atoms with van der Waals surface area (Å²) in [5.41, 5.74) is 1.17. The second-order valence-electron chi connectivity index (χ2n) is 11.6. The van der Waals surface area contributed by atoms with Crippen LogP contribution in [0, 0.1) is 0 Å². The number of hydrogen-bond acceptors (Lipinski definition) is 4. The van der Waals surface area contributed by atoms with Gasteiger partial charge in [-0.05, 0) is 41.8 Å². The monoisotopic (exact) mass is 452 g/mol. The molecule has 0 bridgehead atoms. The summed E-state index contributed by atoms with van der Waals surface area (Å²) in [6.07, 6.45) is -0.223. The lowest BCUT2D eigenvalue weighted by Crippen LogP contribution is -2.53. The standard InChI is InChI=1S/C24H44O4Si2/c1-23(2,3)29(7,8)27-21-18-26-20(17-25-16-19-14-12-11-13-15-19)22(21)28-30(9,10)24(4,5)6/h11-15,20-22H,16-18H2,1-10H3/t20-,21+,22+/m0/s1. The Labute approximate surface area is 186 Å². The van der Waals surface area contributed by atoms with Gasteiger partial charge in [-0.1, -0.05) is 71.9 Å². The van der Waals surface area contributed by atoms with Gasteiger partial charge in [0.25, 0.3) is 0 Å². The number of rotatable bonds is 8. The number of hydrogen-bond donors (Lipinski definition) is 0. The fourth-order valence-corrected chi connectivity index (χ4v) is 5.63. The van der Waals surface area contributed by atoms with E-state index < -0.39 is 16.6 Å². The molecule has 1 saturated heterocycles. The van der Waals surface area contributed by atoms with Crippen LogP contribution in [-0.2, 0) is 24.9 Å². The smallest absolute Gasteiger partial charge is 0.192 e. The molecule has 0 N–H and O–H groups in total. The quantitative estimate of drug-likeness (QED) is 0.429. The van der Waals surface area contributed by atoms with E-state index in [1.54, 1.807) is 0 Å². The van der Waals surface area contributed by atoms with E-state index >= 15 is 0 Å². The summed E-state index contributed by atoms with van der Waals surface area (Å²) in [5.74, 6) is 0. The lowest BCUT2D eigenvalue weighted by atomic mass is 10.1. The molecule has 1 heterocycles. The first-order chi connectivity index (χ1) is 13.6. The van der Waals surface area contributed by atoms with Crippen LogP contribution in [0.2, 0.25) is 36.3 Å². The van der Waals surface area contributed by atoms with Gasteiger partial charge < -0.3 is 18.3 Å². The maximum Gasteiger partial charge on any atom is 0.192 e. The van der Waals surface area contributed by atoms with E-state index in [-0.39, 0.29) is 28.4 Å². The predicted octanol–water partition coefficient (Wildman–Crippen LogP) is 6.38. The fraction of sp³-hybridized carbons (Fsp3) is 0.750. The Morgan fingerprint density at radius 3 is 1.93 bits per heavy atom. The molecule has 4 nitrogen and oxygen atoms in total. The van der Waals surface area contributed by atoms with E-state index in [0.29, 0.717) is 19.8 Å². The molecule has 0 aliphatic carbocycles. The van der Waals surface area contributed by atoms with E-state index in [2.05, 4.69) is 79.9 Å². The van der Waals surface area contributed by atoms with E-state index in [1.165, 1.54) is 5.56 Å². The van der Waals surface area contributed by atoms with E-state index in [0.717, 1.165) is 0 Å². The van der Waals surface area contributed by atoms with Gasteiger partial charge in [0.15, 0.2) is 16.6 Å². The zero-order valence-corrected chi connectivity index (χ0v) is 22.9. The first-order valence-electron chi connectivity index (χ1n) is 11.2. The lowest BCUT2D eigenvalue weighted by Gasteiger charge is -2.43. The topological polar surface area (TPSA) is 36.9 Å². The second-order valence-corrected chi connectivity index (χ2v) is 21.1. The average Bonchev–Trinajstić information content (AvgIpc) is 2.94. The first kappa shape index (κ1) is 25.8. The van der Waals surface area contributed by atoms with Crippen LogP contribution < -0.4 is 0 Å². The van der Waals surface area contributed by atoms with E-state index in [4.69, 9.17) is 18.3 Å². The molecule has 30 heavy (non-hydrogen) atoms. The molecular weight excluding hydrogens is 408 g/mol. The van der Waals surface area contributed by atoms with Crippen molar-refractivity contribution < 1.29 is 18.3 Å². The molecular formula is C24H44O4Si2. The van der Waals surface area contributed by atoms with Crippen molar-refractivity contribution in [3.05, 3.63) is 35.9 Å². The van der Waals surface area contributed by atoms with Crippen LogP contribution in [0.3, 0.4) is 0 Å². The summed E-state index contributed by atoms with van der Waals surface area (Å²) in [6, 6.07) is 10.3. The van der Waals surface area contributed by atoms with Crippen molar-refractivity contribution in [2.45, 2.75) is 103 Å². The Morgan fingerprint density at radius 2 is 1.40 bits per heavy atom. The second kappa shape index (κ2) is 9.55. The van der Waals surface area contributed by atoms with Crippen LogP contribution in [0.15, 0.2) is 30.3 Å². The van der Waals surface area contributed by atoms with Gasteiger partial charge in [-0.3, -0.25) is 0 Å². The highest BCUT2D eigenvalue weighted by molar-refractivity contribution is 6.74. The van der Waals surface area contributed by atoms with Crippen LogP contribution in [0.4, 0.5) is 0 Å². The Bertz CT molecular complexity index is 662. The summed E-state index contributed by atoms with van der Waals surface area (Å²) >= 11 is 0. The summed E-state index contributed by atoms with van der Waals surface area (Å²) in [4.78, 5) is 0. The Kier molecular flexibility index (Phi) is 8.20. The summed E-state index contributed by atoms with van der Waals surface area (Å²) in [7, 11) is -3.91. The highest BCUT2D eigenvalue weighted by atomic mass is 28.4. The Balaban J connectivity index is 2.13. The van der Waals surface area contributed by atoms with Crippen LogP contribution in [-0.4, -0.2) is 48.2 Å². The van der Waals surface area contributed by atoms with Gasteiger partial charge in [0, 0.05) is 0 Å². The zero-order chi connectivity index (χ0) is 22.8. The van der Waals surface area contributed by atoms with Crippen molar-refractivity contribution in [1.82, 2.24) is 0 Å². The average molecular weight is 453 g/mol. The van der Waals surface area contributed by atoms with Crippen LogP contribution in [0.5, 0.6) is 0 Å². The molecule has 6 heteroatoms. The molecule has 1 aromatic carbocycles. The largest absolute Gasteiger partial charge is 0.409 e. The molecule has 0 aromatic heterocycles. The lowest BCUT2D eigenvalue weighted by molar-refractivity contribution is -0.0293. The maximum absolute atomic E-state index is 6.88. The molecule has 1 fully saturated rings. The third-order valence-corrected chi connectivity index (χ3v) is 16.1. The SMILES string of the molecule is CC(C)(C)[Si](C)(C)O[C@@H]1[C@H](COCc2ccccc2)OC[C@H]1O[Si](C)(C)C(C)(C)C. The van der Waals surface area contributed by atoms with E-state index in [1.807, 2.05) is 18.2 Å². The summed E-state index contributed by atoms with van der Waals surface area (Å²) < 4.78 is 25.9. The van der Waals surface area contributed by atoms with Gasteiger partial charge >= 0.3 is 0 Å². The van der Waals surface area contributed by atoms with Gasteiger partial charge in [0.05, 0.1) is 25.9 Å². The molecule has 3 atom stereocenters. The first-order valence-corrected chi connectivity index (χ1v) is 17.0. The molecule has 0 spiro atoms. The van der Waals surface area contributed by atoms with Gasteiger partial charge in [-0.2, -0.15) is 0 Å². The Hall–Kier alpha value is -0.506. The minimum atomic E-state index is -1.98. The molecule has 0 radical (unpaired) electrons. The summed E-state index contributed by atoms with van der Waals surface area (Å²) in [6.45, 7) is 24.5. The van der Waals surface area contributed by atoms with Crippen molar-refractivity contribution in [3.8, 4) is 0 Å². The van der Waals surface area contributed by atoms with Gasteiger partial charge in [0.2, 0.25) is 0 Å². The van der Waals surface area contributed by atoms with Gasteiger partial charge in [-0.25, -0.2) is 0 Å². The molecule has 1 aliphatic rings. The van der Waals surface area contributed by atoms with Crippen molar-refractivity contribution in [2.75, 3.05) is 13.2 Å². The third kappa shape index (κ3) is 6.50. The van der Waals surface area contributed by atoms with Crippen molar-refractivity contribution >= 4 is 16.6 Å². The van der Waals surface area contributed by atoms with Crippen LogP contribution >= 0.6 is 0 Å². The normalized spacial score (nSPS) is 23.7. The molecule has 1 aliphatic heterocycles.